The summed E-state index contributed by atoms with van der Waals surface area (Å²) in [4.78, 5) is 29.7. The Balaban J connectivity index is 1.32. The molecule has 170 valence electrons. The zero-order chi connectivity index (χ0) is 22.8. The van der Waals surface area contributed by atoms with E-state index in [2.05, 4.69) is 15.5 Å². The molecule has 1 aliphatic heterocycles. The third-order valence-corrected chi connectivity index (χ3v) is 7.71. The van der Waals surface area contributed by atoms with Crippen LogP contribution in [-0.4, -0.2) is 43.6 Å². The first-order valence-corrected chi connectivity index (χ1v) is 12.2. The number of rotatable bonds is 5. The number of nitrogens with zero attached hydrogens (tertiary/aromatic N) is 4. The van der Waals surface area contributed by atoms with Crippen LogP contribution < -0.4 is 5.32 Å². The van der Waals surface area contributed by atoms with Crippen molar-refractivity contribution in [3.63, 3.8) is 0 Å². The minimum Gasteiger partial charge on any atom is -0.324 e. The van der Waals surface area contributed by atoms with E-state index in [1.807, 2.05) is 71.1 Å². The number of carbonyl (C=O) groups excluding carboxylic acids is 2. The molecule has 3 atom stereocenters. The van der Waals surface area contributed by atoms with Gasteiger partial charge in [-0.25, -0.2) is 0 Å². The first-order valence-electron chi connectivity index (χ1n) is 11.4. The van der Waals surface area contributed by atoms with Gasteiger partial charge < -0.3 is 14.8 Å². The van der Waals surface area contributed by atoms with E-state index >= 15 is 0 Å². The smallest absolute Gasteiger partial charge is 0.254 e. The minimum absolute atomic E-state index is 0.0411. The minimum atomic E-state index is -0.446. The molecule has 3 aromatic rings. The second kappa shape index (κ2) is 9.39. The average molecular weight is 462 g/mol. The van der Waals surface area contributed by atoms with Crippen molar-refractivity contribution in [3.05, 3.63) is 66.5 Å². The Hall–Kier alpha value is -3.13. The van der Waals surface area contributed by atoms with E-state index in [1.165, 1.54) is 18.2 Å². The van der Waals surface area contributed by atoms with Gasteiger partial charge in [0.05, 0.1) is 0 Å². The van der Waals surface area contributed by atoms with Crippen molar-refractivity contribution in [2.45, 2.75) is 54.2 Å². The quantitative estimate of drug-likeness (QED) is 0.610. The second-order valence-corrected chi connectivity index (χ2v) is 9.82. The zero-order valence-corrected chi connectivity index (χ0v) is 19.4. The molecule has 1 aromatic heterocycles. The highest BCUT2D eigenvalue weighted by Crippen LogP contribution is 2.41. The van der Waals surface area contributed by atoms with Crippen LogP contribution in [0.1, 0.15) is 42.5 Å². The van der Waals surface area contributed by atoms with Crippen LogP contribution >= 0.6 is 11.8 Å². The molecule has 2 fully saturated rings. The van der Waals surface area contributed by atoms with E-state index in [9.17, 15) is 9.59 Å². The summed E-state index contributed by atoms with van der Waals surface area (Å²) in [7, 11) is 1.90. The van der Waals surface area contributed by atoms with Gasteiger partial charge in [-0.05, 0) is 73.3 Å². The molecule has 33 heavy (non-hydrogen) atoms. The van der Waals surface area contributed by atoms with Crippen molar-refractivity contribution >= 4 is 29.3 Å². The van der Waals surface area contributed by atoms with Crippen LogP contribution in [0.2, 0.25) is 0 Å². The predicted molar refractivity (Wildman–Crippen MR) is 127 cm³/mol. The first-order chi connectivity index (χ1) is 16.1. The SMILES string of the molecule is Cn1cnnc1Sc1ccc(NC(=O)C2CC3CCCCC3N2C(=O)c2ccccc2)cc1. The average Bonchev–Trinajstić information content (AvgIpc) is 3.44. The zero-order valence-electron chi connectivity index (χ0n) is 18.6. The molecule has 1 saturated carbocycles. The van der Waals surface area contributed by atoms with Crippen molar-refractivity contribution < 1.29 is 9.59 Å². The van der Waals surface area contributed by atoms with Gasteiger partial charge in [0.15, 0.2) is 5.16 Å². The van der Waals surface area contributed by atoms with Gasteiger partial charge in [0.2, 0.25) is 5.91 Å². The van der Waals surface area contributed by atoms with Crippen molar-refractivity contribution in [1.29, 1.82) is 0 Å². The van der Waals surface area contributed by atoms with Crippen LogP contribution in [-0.2, 0) is 11.8 Å². The normalized spacial score (nSPS) is 22.1. The van der Waals surface area contributed by atoms with Crippen molar-refractivity contribution in [2.24, 2.45) is 13.0 Å². The van der Waals surface area contributed by atoms with Crippen molar-refractivity contribution in [3.8, 4) is 0 Å². The highest BCUT2D eigenvalue weighted by Gasteiger charge is 2.47. The fourth-order valence-corrected chi connectivity index (χ4v) is 5.78. The summed E-state index contributed by atoms with van der Waals surface area (Å²) in [6.45, 7) is 0. The van der Waals surface area contributed by atoms with Crippen LogP contribution in [0.25, 0.3) is 0 Å². The van der Waals surface area contributed by atoms with E-state index in [4.69, 9.17) is 0 Å². The summed E-state index contributed by atoms with van der Waals surface area (Å²) in [5.41, 5.74) is 1.37. The van der Waals surface area contributed by atoms with Gasteiger partial charge in [-0.3, -0.25) is 9.59 Å². The molecule has 8 heteroatoms. The Morgan fingerprint density at radius 1 is 1.03 bits per heavy atom. The Morgan fingerprint density at radius 2 is 1.79 bits per heavy atom. The largest absolute Gasteiger partial charge is 0.324 e. The molecule has 2 aromatic carbocycles. The summed E-state index contributed by atoms with van der Waals surface area (Å²) in [6.07, 6.45) is 6.74. The lowest BCUT2D eigenvalue weighted by molar-refractivity contribution is -0.120. The lowest BCUT2D eigenvalue weighted by atomic mass is 9.84. The number of carbonyl (C=O) groups is 2. The number of hydrogen-bond acceptors (Lipinski definition) is 5. The number of amides is 2. The molecule has 1 aliphatic carbocycles. The highest BCUT2D eigenvalue weighted by molar-refractivity contribution is 7.99. The molecule has 3 unspecified atom stereocenters. The maximum atomic E-state index is 13.4. The maximum absolute atomic E-state index is 13.4. The van der Waals surface area contributed by atoms with Crippen LogP contribution in [0.15, 0.2) is 71.0 Å². The number of nitrogens with one attached hydrogen (secondary N) is 1. The molecule has 1 N–H and O–H groups in total. The Morgan fingerprint density at radius 3 is 2.52 bits per heavy atom. The Kier molecular flexibility index (Phi) is 6.17. The van der Waals surface area contributed by atoms with E-state index in [1.54, 1.807) is 6.33 Å². The van der Waals surface area contributed by atoms with Gasteiger partial charge in [-0.1, -0.05) is 31.0 Å². The van der Waals surface area contributed by atoms with E-state index in [0.29, 0.717) is 11.5 Å². The second-order valence-electron chi connectivity index (χ2n) is 8.78. The number of anilines is 1. The van der Waals surface area contributed by atoms with Gasteiger partial charge in [0, 0.05) is 29.2 Å². The van der Waals surface area contributed by atoms with Gasteiger partial charge in [-0.2, -0.15) is 0 Å². The van der Waals surface area contributed by atoms with Crippen molar-refractivity contribution in [2.75, 3.05) is 5.32 Å². The topological polar surface area (TPSA) is 80.1 Å². The molecule has 7 nitrogen and oxygen atoms in total. The molecular formula is C25H27N5O2S. The predicted octanol–water partition coefficient (Wildman–Crippen LogP) is 4.38. The molecule has 0 radical (unpaired) electrons. The van der Waals surface area contributed by atoms with E-state index in [-0.39, 0.29) is 17.9 Å². The molecule has 0 spiro atoms. The highest BCUT2D eigenvalue weighted by atomic mass is 32.2. The number of aryl methyl sites for hydroxylation is 1. The molecule has 2 aliphatic rings. The summed E-state index contributed by atoms with van der Waals surface area (Å²) in [5.74, 6) is 0.246. The molecule has 1 saturated heterocycles. The summed E-state index contributed by atoms with van der Waals surface area (Å²) in [6, 6.07) is 16.7. The third kappa shape index (κ3) is 4.53. The molecule has 2 amide bonds. The van der Waals surface area contributed by atoms with E-state index < -0.39 is 6.04 Å². The molecule has 2 heterocycles. The molecular weight excluding hydrogens is 434 g/mol. The number of benzene rings is 2. The van der Waals surface area contributed by atoms with Crippen molar-refractivity contribution in [1.82, 2.24) is 19.7 Å². The maximum Gasteiger partial charge on any atom is 0.254 e. The number of likely N-dealkylation sites (tertiary alicyclic amines) is 1. The molecule has 5 rings (SSSR count). The van der Waals surface area contributed by atoms with Crippen LogP contribution in [0.5, 0.6) is 0 Å². The first kappa shape index (κ1) is 21.7. The van der Waals surface area contributed by atoms with Crippen LogP contribution in [0.4, 0.5) is 5.69 Å². The van der Waals surface area contributed by atoms with Gasteiger partial charge >= 0.3 is 0 Å². The van der Waals surface area contributed by atoms with Gasteiger partial charge in [0.1, 0.15) is 12.4 Å². The fraction of sp³-hybridized carbons (Fsp3) is 0.360. The van der Waals surface area contributed by atoms with Gasteiger partial charge in [0.25, 0.3) is 5.91 Å². The van der Waals surface area contributed by atoms with Crippen LogP contribution in [0.3, 0.4) is 0 Å². The van der Waals surface area contributed by atoms with Gasteiger partial charge in [-0.15, -0.1) is 10.2 Å². The van der Waals surface area contributed by atoms with E-state index in [0.717, 1.165) is 41.4 Å². The number of fused-ring (bicyclic) bond motifs is 1. The third-order valence-electron chi connectivity index (χ3n) is 6.65. The number of hydrogen-bond donors (Lipinski definition) is 1. The summed E-state index contributed by atoms with van der Waals surface area (Å²) < 4.78 is 1.86. The lowest BCUT2D eigenvalue weighted by Crippen LogP contribution is -2.47. The Bertz CT molecular complexity index is 1130. The molecule has 0 bridgehead atoms. The number of aromatic nitrogens is 3. The monoisotopic (exact) mass is 461 g/mol. The fourth-order valence-electron chi connectivity index (χ4n) is 5.02. The standard InChI is InChI=1S/C25H27N5O2S/c1-29-16-26-28-25(29)33-20-13-11-19(12-14-20)27-23(31)22-15-18-9-5-6-10-21(18)30(22)24(32)17-7-3-2-4-8-17/h2-4,7-8,11-14,16,18,21-22H,5-6,9-10,15H2,1H3,(H,27,31). The summed E-state index contributed by atoms with van der Waals surface area (Å²) >= 11 is 1.51. The lowest BCUT2D eigenvalue weighted by Gasteiger charge is -2.33. The van der Waals surface area contributed by atoms with Crippen LogP contribution in [0, 0.1) is 5.92 Å². The summed E-state index contributed by atoms with van der Waals surface area (Å²) in [5, 5.41) is 11.8. The Labute approximate surface area is 197 Å².